The van der Waals surface area contributed by atoms with Crippen molar-refractivity contribution in [2.45, 2.75) is 71.0 Å². The number of amides is 1. The lowest BCUT2D eigenvalue weighted by Crippen LogP contribution is -2.45. The number of rotatable bonds is 5. The van der Waals surface area contributed by atoms with Crippen LogP contribution in [0.3, 0.4) is 0 Å². The molecule has 2 aliphatic heterocycles. The third-order valence-corrected chi connectivity index (χ3v) is 7.35. The Hall–Kier alpha value is -1.60. The minimum absolute atomic E-state index is 0.203. The van der Waals surface area contributed by atoms with Gasteiger partial charge in [-0.1, -0.05) is 11.6 Å². The molecule has 3 heterocycles. The van der Waals surface area contributed by atoms with Gasteiger partial charge >= 0.3 is 6.09 Å². The van der Waals surface area contributed by atoms with Crippen molar-refractivity contribution in [1.29, 1.82) is 0 Å². The topological polar surface area (TPSA) is 67.8 Å². The Kier molecular flexibility index (Phi) is 7.45. The summed E-state index contributed by atoms with van der Waals surface area (Å²) in [6, 6.07) is 0. The second-order valence-corrected chi connectivity index (χ2v) is 11.0. The highest BCUT2D eigenvalue weighted by molar-refractivity contribution is 6.30. The van der Waals surface area contributed by atoms with E-state index in [9.17, 15) is 4.79 Å². The molecule has 3 fully saturated rings. The fourth-order valence-electron chi connectivity index (χ4n) is 5.21. The Labute approximate surface area is 196 Å². The van der Waals surface area contributed by atoms with Gasteiger partial charge < -0.3 is 19.3 Å². The normalized spacial score (nSPS) is 25.5. The molecule has 2 unspecified atom stereocenters. The SMILES string of the molecule is CC(C)(C)OC(=O)N1CCC(OCC2CCC2C2CCN(c3ncc(Cl)cn3)CC2)CC1. The number of carbonyl (C=O) groups excluding carboxylic acids is 1. The van der Waals surface area contributed by atoms with E-state index in [4.69, 9.17) is 21.1 Å². The van der Waals surface area contributed by atoms with Gasteiger partial charge in [0.2, 0.25) is 5.95 Å². The van der Waals surface area contributed by atoms with Crippen LogP contribution in [0.1, 0.15) is 59.3 Å². The fraction of sp³-hybridized carbons (Fsp3) is 0.792. The highest BCUT2D eigenvalue weighted by atomic mass is 35.5. The number of aromatic nitrogens is 2. The van der Waals surface area contributed by atoms with Crippen LogP contribution in [-0.2, 0) is 9.47 Å². The Morgan fingerprint density at radius 3 is 2.25 bits per heavy atom. The predicted molar refractivity (Wildman–Crippen MR) is 125 cm³/mol. The van der Waals surface area contributed by atoms with Crippen molar-refractivity contribution in [3.05, 3.63) is 17.4 Å². The fourth-order valence-corrected chi connectivity index (χ4v) is 5.31. The Bertz CT molecular complexity index is 754. The molecule has 7 nitrogen and oxygen atoms in total. The molecule has 0 bridgehead atoms. The summed E-state index contributed by atoms with van der Waals surface area (Å²) in [5, 5.41) is 0.580. The van der Waals surface area contributed by atoms with Crippen molar-refractivity contribution in [2.24, 2.45) is 17.8 Å². The maximum Gasteiger partial charge on any atom is 0.410 e. The number of nitrogens with zero attached hydrogens (tertiary/aromatic N) is 4. The summed E-state index contributed by atoms with van der Waals surface area (Å²) in [5.74, 6) is 3.03. The highest BCUT2D eigenvalue weighted by Crippen LogP contribution is 2.44. The average molecular weight is 465 g/mol. The van der Waals surface area contributed by atoms with Crippen LogP contribution in [0.2, 0.25) is 5.02 Å². The Balaban J connectivity index is 1.16. The molecule has 4 rings (SSSR count). The van der Waals surface area contributed by atoms with Gasteiger partial charge in [0.1, 0.15) is 5.60 Å². The van der Waals surface area contributed by atoms with E-state index in [1.165, 1.54) is 25.7 Å². The van der Waals surface area contributed by atoms with E-state index in [1.54, 1.807) is 12.4 Å². The standard InChI is InChI=1S/C24H37ClN4O3/c1-24(2,3)32-23(30)29-12-8-20(9-13-29)31-16-18-4-5-21(18)17-6-10-28(11-7-17)22-26-14-19(25)15-27-22/h14-15,17-18,20-21H,4-13,16H2,1-3H3. The molecule has 3 aliphatic rings. The van der Waals surface area contributed by atoms with Crippen molar-refractivity contribution in [3.63, 3.8) is 0 Å². The summed E-state index contributed by atoms with van der Waals surface area (Å²) in [6.07, 6.45) is 10.2. The average Bonchev–Trinajstić information content (AvgIpc) is 2.73. The van der Waals surface area contributed by atoms with Gasteiger partial charge in [-0.25, -0.2) is 14.8 Å². The van der Waals surface area contributed by atoms with Crippen LogP contribution in [0.25, 0.3) is 0 Å². The number of carbonyl (C=O) groups is 1. The molecule has 0 radical (unpaired) electrons. The lowest BCUT2D eigenvalue weighted by Gasteiger charge is -2.45. The third kappa shape index (κ3) is 6.04. The molecule has 1 aliphatic carbocycles. The minimum atomic E-state index is -0.443. The first kappa shape index (κ1) is 23.6. The summed E-state index contributed by atoms with van der Waals surface area (Å²) >= 11 is 5.91. The molecule has 2 saturated heterocycles. The van der Waals surface area contributed by atoms with E-state index in [2.05, 4.69) is 14.9 Å². The number of hydrogen-bond donors (Lipinski definition) is 0. The minimum Gasteiger partial charge on any atom is -0.444 e. The second kappa shape index (κ2) is 10.1. The molecule has 1 amide bonds. The lowest BCUT2D eigenvalue weighted by molar-refractivity contribution is -0.0539. The maximum atomic E-state index is 12.2. The first-order valence-electron chi connectivity index (χ1n) is 12.1. The lowest BCUT2D eigenvalue weighted by atomic mass is 9.65. The summed E-state index contributed by atoms with van der Waals surface area (Å²) in [7, 11) is 0. The number of likely N-dealkylation sites (tertiary alicyclic amines) is 1. The smallest absolute Gasteiger partial charge is 0.410 e. The zero-order chi connectivity index (χ0) is 22.7. The van der Waals surface area contributed by atoms with Gasteiger partial charge in [-0.3, -0.25) is 0 Å². The molecule has 0 spiro atoms. The quantitative estimate of drug-likeness (QED) is 0.624. The molecule has 0 aromatic carbocycles. The van der Waals surface area contributed by atoms with E-state index in [0.29, 0.717) is 10.9 Å². The molecule has 1 aromatic rings. The summed E-state index contributed by atoms with van der Waals surface area (Å²) in [4.78, 5) is 25.1. The third-order valence-electron chi connectivity index (χ3n) is 7.15. The number of anilines is 1. The van der Waals surface area contributed by atoms with Gasteiger partial charge in [-0.15, -0.1) is 0 Å². The second-order valence-electron chi connectivity index (χ2n) is 10.5. The first-order chi connectivity index (χ1) is 15.3. The zero-order valence-electron chi connectivity index (χ0n) is 19.6. The van der Waals surface area contributed by atoms with Gasteiger partial charge in [-0.2, -0.15) is 0 Å². The molecular formula is C24H37ClN4O3. The van der Waals surface area contributed by atoms with Crippen LogP contribution in [0, 0.1) is 17.8 Å². The molecule has 1 saturated carbocycles. The molecule has 1 aromatic heterocycles. The van der Waals surface area contributed by atoms with Crippen LogP contribution < -0.4 is 4.90 Å². The van der Waals surface area contributed by atoms with E-state index >= 15 is 0 Å². The van der Waals surface area contributed by atoms with Gasteiger partial charge in [0.15, 0.2) is 0 Å². The van der Waals surface area contributed by atoms with Crippen LogP contribution in [0.5, 0.6) is 0 Å². The number of halogens is 1. The van der Waals surface area contributed by atoms with E-state index in [1.807, 2.05) is 25.7 Å². The van der Waals surface area contributed by atoms with E-state index in [0.717, 1.165) is 63.4 Å². The van der Waals surface area contributed by atoms with Gasteiger partial charge in [-0.05, 0) is 77.0 Å². The van der Waals surface area contributed by atoms with Crippen LogP contribution >= 0.6 is 11.6 Å². The van der Waals surface area contributed by atoms with Crippen molar-refractivity contribution in [3.8, 4) is 0 Å². The van der Waals surface area contributed by atoms with E-state index < -0.39 is 5.60 Å². The molecule has 178 valence electrons. The van der Waals surface area contributed by atoms with Gasteiger partial charge in [0.05, 0.1) is 30.1 Å². The monoisotopic (exact) mass is 464 g/mol. The summed E-state index contributed by atoms with van der Waals surface area (Å²) in [6.45, 7) is 10.1. The van der Waals surface area contributed by atoms with Crippen molar-refractivity contribution >= 4 is 23.6 Å². The highest BCUT2D eigenvalue weighted by Gasteiger charge is 2.39. The first-order valence-corrected chi connectivity index (χ1v) is 12.5. The van der Waals surface area contributed by atoms with Crippen LogP contribution in [0.15, 0.2) is 12.4 Å². The number of piperidine rings is 2. The largest absolute Gasteiger partial charge is 0.444 e. The molecular weight excluding hydrogens is 428 g/mol. The van der Waals surface area contributed by atoms with Crippen LogP contribution in [-0.4, -0.2) is 65.5 Å². The van der Waals surface area contributed by atoms with Gasteiger partial charge in [0, 0.05) is 26.2 Å². The molecule has 0 N–H and O–H groups in total. The Morgan fingerprint density at radius 1 is 1.03 bits per heavy atom. The number of ether oxygens (including phenoxy) is 2. The molecule has 8 heteroatoms. The van der Waals surface area contributed by atoms with Gasteiger partial charge in [0.25, 0.3) is 0 Å². The summed E-state index contributed by atoms with van der Waals surface area (Å²) in [5.41, 5.74) is -0.443. The zero-order valence-corrected chi connectivity index (χ0v) is 20.4. The molecule has 2 atom stereocenters. The Morgan fingerprint density at radius 2 is 1.69 bits per heavy atom. The van der Waals surface area contributed by atoms with Crippen LogP contribution in [0.4, 0.5) is 10.7 Å². The van der Waals surface area contributed by atoms with E-state index in [-0.39, 0.29) is 12.2 Å². The molecule has 32 heavy (non-hydrogen) atoms. The predicted octanol–water partition coefficient (Wildman–Crippen LogP) is 4.79. The summed E-state index contributed by atoms with van der Waals surface area (Å²) < 4.78 is 11.8. The van der Waals surface area contributed by atoms with Crippen molar-refractivity contribution in [1.82, 2.24) is 14.9 Å². The maximum absolute atomic E-state index is 12.2. The van der Waals surface area contributed by atoms with Crippen molar-refractivity contribution in [2.75, 3.05) is 37.7 Å². The van der Waals surface area contributed by atoms with Crippen molar-refractivity contribution < 1.29 is 14.3 Å². The number of hydrogen-bond acceptors (Lipinski definition) is 6.